The SMILES string of the molecule is O=C(COc1cccc(N2CCCC2=O)c1)N1CCC2(CCOC2)C1. The Bertz CT molecular complexity index is 669. The van der Waals surface area contributed by atoms with Crippen molar-refractivity contribution < 1.29 is 19.1 Å². The monoisotopic (exact) mass is 344 g/mol. The highest BCUT2D eigenvalue weighted by Gasteiger charge is 2.42. The Hall–Kier alpha value is -2.08. The number of ether oxygens (including phenoxy) is 2. The molecule has 2 amide bonds. The summed E-state index contributed by atoms with van der Waals surface area (Å²) in [5, 5.41) is 0. The van der Waals surface area contributed by atoms with Gasteiger partial charge in [-0.2, -0.15) is 0 Å². The van der Waals surface area contributed by atoms with Gasteiger partial charge in [-0.1, -0.05) is 6.07 Å². The molecule has 3 aliphatic rings. The van der Waals surface area contributed by atoms with Crippen LogP contribution in [-0.2, 0) is 14.3 Å². The van der Waals surface area contributed by atoms with Crippen molar-refractivity contribution in [2.24, 2.45) is 5.41 Å². The van der Waals surface area contributed by atoms with Gasteiger partial charge in [0.2, 0.25) is 5.91 Å². The van der Waals surface area contributed by atoms with E-state index in [9.17, 15) is 9.59 Å². The number of hydrogen-bond donors (Lipinski definition) is 0. The summed E-state index contributed by atoms with van der Waals surface area (Å²) >= 11 is 0. The van der Waals surface area contributed by atoms with Gasteiger partial charge in [-0.25, -0.2) is 0 Å². The lowest BCUT2D eigenvalue weighted by molar-refractivity contribution is -0.132. The van der Waals surface area contributed by atoms with Gasteiger partial charge in [0, 0.05) is 49.8 Å². The lowest BCUT2D eigenvalue weighted by Crippen LogP contribution is -2.35. The van der Waals surface area contributed by atoms with Crippen LogP contribution in [0.3, 0.4) is 0 Å². The molecule has 1 spiro atoms. The molecule has 25 heavy (non-hydrogen) atoms. The van der Waals surface area contributed by atoms with E-state index in [1.165, 1.54) is 0 Å². The molecule has 1 atom stereocenters. The zero-order valence-corrected chi connectivity index (χ0v) is 14.4. The molecule has 1 aromatic rings. The zero-order valence-electron chi connectivity index (χ0n) is 14.4. The number of hydrogen-bond acceptors (Lipinski definition) is 4. The molecule has 0 bridgehead atoms. The van der Waals surface area contributed by atoms with Gasteiger partial charge in [-0.15, -0.1) is 0 Å². The van der Waals surface area contributed by atoms with Crippen molar-refractivity contribution in [2.45, 2.75) is 25.7 Å². The fourth-order valence-corrected chi connectivity index (χ4v) is 4.02. The quantitative estimate of drug-likeness (QED) is 0.836. The second kappa shape index (κ2) is 6.67. The van der Waals surface area contributed by atoms with Crippen LogP contribution in [0.4, 0.5) is 5.69 Å². The maximum atomic E-state index is 12.4. The third-order valence-corrected chi connectivity index (χ3v) is 5.54. The second-order valence-electron chi connectivity index (χ2n) is 7.30. The van der Waals surface area contributed by atoms with Crippen LogP contribution < -0.4 is 9.64 Å². The van der Waals surface area contributed by atoms with Gasteiger partial charge in [0.15, 0.2) is 6.61 Å². The number of rotatable bonds is 4. The predicted octanol–water partition coefficient (Wildman–Crippen LogP) is 1.83. The van der Waals surface area contributed by atoms with E-state index in [-0.39, 0.29) is 23.8 Å². The summed E-state index contributed by atoms with van der Waals surface area (Å²) in [4.78, 5) is 28.0. The summed E-state index contributed by atoms with van der Waals surface area (Å²) in [5.41, 5.74) is 1.02. The fraction of sp³-hybridized carbons (Fsp3) is 0.579. The van der Waals surface area contributed by atoms with E-state index in [0.29, 0.717) is 12.2 Å². The molecular weight excluding hydrogens is 320 g/mol. The number of benzene rings is 1. The molecule has 0 saturated carbocycles. The number of anilines is 1. The highest BCUT2D eigenvalue weighted by Crippen LogP contribution is 2.38. The molecule has 3 saturated heterocycles. The van der Waals surface area contributed by atoms with Crippen LogP contribution >= 0.6 is 0 Å². The van der Waals surface area contributed by atoms with E-state index >= 15 is 0 Å². The molecule has 0 radical (unpaired) electrons. The van der Waals surface area contributed by atoms with E-state index in [1.807, 2.05) is 29.2 Å². The minimum Gasteiger partial charge on any atom is -0.484 e. The van der Waals surface area contributed by atoms with Gasteiger partial charge in [-0.05, 0) is 31.4 Å². The standard InChI is InChI=1S/C19H24N2O4/c22-17-5-2-8-21(17)15-3-1-4-16(11-15)25-12-18(23)20-9-6-19(13-20)7-10-24-14-19/h1,3-4,11H,2,5-10,12-14H2. The molecule has 6 nitrogen and oxygen atoms in total. The Morgan fingerprint density at radius 2 is 2.20 bits per heavy atom. The average Bonchev–Trinajstić information content (AvgIpc) is 3.36. The predicted molar refractivity (Wildman–Crippen MR) is 92.6 cm³/mol. The van der Waals surface area contributed by atoms with Crippen molar-refractivity contribution in [2.75, 3.05) is 44.4 Å². The molecule has 0 N–H and O–H groups in total. The minimum absolute atomic E-state index is 0.0198. The van der Waals surface area contributed by atoms with Crippen molar-refractivity contribution in [1.29, 1.82) is 0 Å². The van der Waals surface area contributed by atoms with Crippen LogP contribution in [0.25, 0.3) is 0 Å². The van der Waals surface area contributed by atoms with Crippen molar-refractivity contribution in [1.82, 2.24) is 4.90 Å². The number of likely N-dealkylation sites (tertiary alicyclic amines) is 1. The van der Waals surface area contributed by atoms with E-state index in [0.717, 1.165) is 57.8 Å². The first kappa shape index (κ1) is 16.4. The van der Waals surface area contributed by atoms with Gasteiger partial charge < -0.3 is 19.3 Å². The molecule has 0 aromatic heterocycles. The van der Waals surface area contributed by atoms with Gasteiger partial charge in [0.1, 0.15) is 5.75 Å². The minimum atomic E-state index is 0.0198. The average molecular weight is 344 g/mol. The number of carbonyl (C=O) groups excluding carboxylic acids is 2. The highest BCUT2D eigenvalue weighted by atomic mass is 16.5. The molecule has 3 fully saturated rings. The third-order valence-electron chi connectivity index (χ3n) is 5.54. The topological polar surface area (TPSA) is 59.1 Å². The van der Waals surface area contributed by atoms with Gasteiger partial charge in [0.05, 0.1) is 6.61 Å². The maximum Gasteiger partial charge on any atom is 0.260 e. The van der Waals surface area contributed by atoms with E-state index in [1.54, 1.807) is 4.90 Å². The summed E-state index contributed by atoms with van der Waals surface area (Å²) in [6.07, 6.45) is 3.56. The Morgan fingerprint density at radius 1 is 1.28 bits per heavy atom. The second-order valence-corrected chi connectivity index (χ2v) is 7.30. The summed E-state index contributed by atoms with van der Waals surface area (Å²) in [6, 6.07) is 7.43. The van der Waals surface area contributed by atoms with Crippen LogP contribution in [0, 0.1) is 5.41 Å². The normalized spacial score (nSPS) is 26.0. The van der Waals surface area contributed by atoms with Gasteiger partial charge >= 0.3 is 0 Å². The first-order valence-electron chi connectivity index (χ1n) is 9.04. The Kier molecular flexibility index (Phi) is 4.37. The molecule has 3 aliphatic heterocycles. The van der Waals surface area contributed by atoms with Gasteiger partial charge in [-0.3, -0.25) is 9.59 Å². The molecule has 4 rings (SSSR count). The molecule has 1 aromatic carbocycles. The summed E-state index contributed by atoms with van der Waals surface area (Å²) < 4.78 is 11.2. The van der Waals surface area contributed by atoms with Gasteiger partial charge in [0.25, 0.3) is 5.91 Å². The first-order valence-corrected chi connectivity index (χ1v) is 9.04. The molecule has 3 heterocycles. The zero-order chi connectivity index (χ0) is 17.3. The summed E-state index contributed by atoms with van der Waals surface area (Å²) in [6.45, 7) is 3.92. The molecule has 134 valence electrons. The lowest BCUT2D eigenvalue weighted by atomic mass is 9.87. The van der Waals surface area contributed by atoms with Crippen molar-refractivity contribution in [3.05, 3.63) is 24.3 Å². The number of carbonyl (C=O) groups is 2. The van der Waals surface area contributed by atoms with E-state index in [2.05, 4.69) is 0 Å². The third kappa shape index (κ3) is 3.35. The number of nitrogens with zero attached hydrogens (tertiary/aromatic N) is 2. The van der Waals surface area contributed by atoms with E-state index < -0.39 is 0 Å². The van der Waals surface area contributed by atoms with Crippen LogP contribution in [0.15, 0.2) is 24.3 Å². The van der Waals surface area contributed by atoms with Crippen molar-refractivity contribution >= 4 is 17.5 Å². The molecule has 6 heteroatoms. The lowest BCUT2D eigenvalue weighted by Gasteiger charge is -2.22. The Balaban J connectivity index is 1.34. The Labute approximate surface area is 147 Å². The molecule has 0 aliphatic carbocycles. The highest BCUT2D eigenvalue weighted by molar-refractivity contribution is 5.95. The van der Waals surface area contributed by atoms with Crippen LogP contribution in [0.1, 0.15) is 25.7 Å². The smallest absolute Gasteiger partial charge is 0.260 e. The van der Waals surface area contributed by atoms with Crippen LogP contribution in [-0.4, -0.2) is 56.2 Å². The van der Waals surface area contributed by atoms with E-state index in [4.69, 9.17) is 9.47 Å². The molecular formula is C19H24N2O4. The molecule has 1 unspecified atom stereocenters. The van der Waals surface area contributed by atoms with Crippen molar-refractivity contribution in [3.8, 4) is 5.75 Å². The first-order chi connectivity index (χ1) is 12.2. The summed E-state index contributed by atoms with van der Waals surface area (Å²) in [7, 11) is 0. The number of amides is 2. The van der Waals surface area contributed by atoms with Crippen LogP contribution in [0.5, 0.6) is 5.75 Å². The largest absolute Gasteiger partial charge is 0.484 e. The summed E-state index contributed by atoms with van der Waals surface area (Å²) in [5.74, 6) is 0.796. The van der Waals surface area contributed by atoms with Crippen molar-refractivity contribution in [3.63, 3.8) is 0 Å². The maximum absolute atomic E-state index is 12.4. The fourth-order valence-electron chi connectivity index (χ4n) is 4.02. The van der Waals surface area contributed by atoms with Crippen LogP contribution in [0.2, 0.25) is 0 Å². The Morgan fingerprint density at radius 3 is 2.96 bits per heavy atom.